The SMILES string of the molecule is NCCCc1ccn2nnnc2c1. The van der Waals surface area contributed by atoms with Crippen LogP contribution in [0.25, 0.3) is 5.65 Å². The molecule has 0 fully saturated rings. The number of aryl methyl sites for hydroxylation is 1. The van der Waals surface area contributed by atoms with Gasteiger partial charge in [-0.2, -0.15) is 0 Å². The van der Waals surface area contributed by atoms with Gasteiger partial charge in [-0.1, -0.05) is 0 Å². The molecule has 0 bridgehead atoms. The Kier molecular flexibility index (Phi) is 2.18. The van der Waals surface area contributed by atoms with E-state index in [1.807, 2.05) is 18.3 Å². The Morgan fingerprint density at radius 2 is 2.38 bits per heavy atom. The van der Waals surface area contributed by atoms with Crippen molar-refractivity contribution < 1.29 is 0 Å². The van der Waals surface area contributed by atoms with Gasteiger partial charge in [-0.3, -0.25) is 0 Å². The van der Waals surface area contributed by atoms with Crippen LogP contribution in [0.3, 0.4) is 0 Å². The van der Waals surface area contributed by atoms with E-state index < -0.39 is 0 Å². The number of nitrogens with zero attached hydrogens (tertiary/aromatic N) is 4. The van der Waals surface area contributed by atoms with Gasteiger partial charge in [-0.25, -0.2) is 4.52 Å². The van der Waals surface area contributed by atoms with Crippen LogP contribution in [0.15, 0.2) is 18.3 Å². The van der Waals surface area contributed by atoms with Gasteiger partial charge in [-0.15, -0.1) is 5.10 Å². The van der Waals surface area contributed by atoms with Crippen molar-refractivity contribution in [1.82, 2.24) is 20.0 Å². The highest BCUT2D eigenvalue weighted by Crippen LogP contribution is 2.04. The van der Waals surface area contributed by atoms with Crippen LogP contribution in [0.4, 0.5) is 0 Å². The van der Waals surface area contributed by atoms with E-state index in [1.54, 1.807) is 4.52 Å². The number of hydrogen-bond donors (Lipinski definition) is 1. The Morgan fingerprint density at radius 3 is 3.23 bits per heavy atom. The fourth-order valence-corrected chi connectivity index (χ4v) is 1.24. The molecule has 0 amide bonds. The Morgan fingerprint density at radius 1 is 1.46 bits per heavy atom. The molecule has 2 rings (SSSR count). The van der Waals surface area contributed by atoms with Crippen molar-refractivity contribution in [2.24, 2.45) is 5.73 Å². The van der Waals surface area contributed by atoms with E-state index >= 15 is 0 Å². The zero-order chi connectivity index (χ0) is 9.10. The Bertz CT molecular complexity index is 394. The summed E-state index contributed by atoms with van der Waals surface area (Å²) >= 11 is 0. The summed E-state index contributed by atoms with van der Waals surface area (Å²) in [6, 6.07) is 3.99. The molecular formula is C8H11N5. The standard InChI is InChI=1S/C8H11N5/c9-4-1-2-7-3-5-13-8(6-7)10-11-12-13/h3,5-6H,1-2,4,9H2. The topological polar surface area (TPSA) is 69.1 Å². The Balaban J connectivity index is 2.26. The van der Waals surface area contributed by atoms with E-state index in [0.717, 1.165) is 25.0 Å². The zero-order valence-corrected chi connectivity index (χ0v) is 7.22. The second-order valence-corrected chi connectivity index (χ2v) is 2.91. The van der Waals surface area contributed by atoms with Gasteiger partial charge in [0.25, 0.3) is 0 Å². The highest BCUT2D eigenvalue weighted by atomic mass is 15.5. The lowest BCUT2D eigenvalue weighted by Gasteiger charge is -1.98. The number of hydrogen-bond acceptors (Lipinski definition) is 4. The molecule has 2 aromatic rings. The second kappa shape index (κ2) is 3.49. The second-order valence-electron chi connectivity index (χ2n) is 2.91. The molecule has 13 heavy (non-hydrogen) atoms. The molecule has 2 N–H and O–H groups in total. The van der Waals surface area contributed by atoms with E-state index in [0.29, 0.717) is 0 Å². The maximum absolute atomic E-state index is 5.42. The predicted octanol–water partition coefficient (Wildman–Crippen LogP) is 0.0156. The molecule has 0 aliphatic heterocycles. The van der Waals surface area contributed by atoms with Crippen molar-refractivity contribution in [3.8, 4) is 0 Å². The number of nitrogens with two attached hydrogens (primary N) is 1. The first-order chi connectivity index (χ1) is 6.40. The summed E-state index contributed by atoms with van der Waals surface area (Å²) in [5.74, 6) is 0. The summed E-state index contributed by atoms with van der Waals surface area (Å²) in [5, 5.41) is 11.2. The smallest absolute Gasteiger partial charge is 0.179 e. The predicted molar refractivity (Wildman–Crippen MR) is 48.2 cm³/mol. The van der Waals surface area contributed by atoms with Gasteiger partial charge in [0.05, 0.1) is 0 Å². The number of tetrazole rings is 1. The van der Waals surface area contributed by atoms with Gasteiger partial charge < -0.3 is 5.73 Å². The van der Waals surface area contributed by atoms with Crippen LogP contribution in [0.2, 0.25) is 0 Å². The summed E-state index contributed by atoms with van der Waals surface area (Å²) in [5.41, 5.74) is 7.44. The third-order valence-corrected chi connectivity index (χ3v) is 1.93. The maximum Gasteiger partial charge on any atom is 0.179 e. The zero-order valence-electron chi connectivity index (χ0n) is 7.22. The van der Waals surface area contributed by atoms with Gasteiger partial charge in [0, 0.05) is 6.20 Å². The first kappa shape index (κ1) is 8.12. The molecule has 0 aromatic carbocycles. The molecule has 68 valence electrons. The quantitative estimate of drug-likeness (QED) is 0.717. The van der Waals surface area contributed by atoms with Crippen molar-refractivity contribution in [1.29, 1.82) is 0 Å². The molecule has 2 aromatic heterocycles. The molecule has 5 nitrogen and oxygen atoms in total. The summed E-state index contributed by atoms with van der Waals surface area (Å²) in [4.78, 5) is 0. The largest absolute Gasteiger partial charge is 0.330 e. The van der Waals surface area contributed by atoms with Crippen molar-refractivity contribution in [3.05, 3.63) is 23.9 Å². The van der Waals surface area contributed by atoms with Crippen LogP contribution in [0, 0.1) is 0 Å². The summed E-state index contributed by atoms with van der Waals surface area (Å²) in [6.07, 6.45) is 3.85. The molecule has 0 unspecified atom stereocenters. The lowest BCUT2D eigenvalue weighted by Crippen LogP contribution is -2.00. The van der Waals surface area contributed by atoms with E-state index in [4.69, 9.17) is 5.73 Å². The summed E-state index contributed by atoms with van der Waals surface area (Å²) in [7, 11) is 0. The first-order valence-electron chi connectivity index (χ1n) is 4.27. The number of aromatic nitrogens is 4. The monoisotopic (exact) mass is 177 g/mol. The van der Waals surface area contributed by atoms with E-state index in [-0.39, 0.29) is 0 Å². The molecule has 0 saturated heterocycles. The Hall–Kier alpha value is -1.49. The van der Waals surface area contributed by atoms with Crippen LogP contribution in [-0.2, 0) is 6.42 Å². The molecular weight excluding hydrogens is 166 g/mol. The minimum absolute atomic E-state index is 0.718. The van der Waals surface area contributed by atoms with Crippen LogP contribution in [-0.4, -0.2) is 26.6 Å². The highest BCUT2D eigenvalue weighted by Gasteiger charge is 1.97. The average molecular weight is 177 g/mol. The average Bonchev–Trinajstić information content (AvgIpc) is 2.61. The number of pyridine rings is 1. The van der Waals surface area contributed by atoms with Gasteiger partial charge in [-0.05, 0) is 47.5 Å². The first-order valence-corrected chi connectivity index (χ1v) is 4.27. The van der Waals surface area contributed by atoms with Crippen molar-refractivity contribution in [2.45, 2.75) is 12.8 Å². The number of fused-ring (bicyclic) bond motifs is 1. The molecule has 0 spiro atoms. The molecule has 0 radical (unpaired) electrons. The minimum Gasteiger partial charge on any atom is -0.330 e. The van der Waals surface area contributed by atoms with Crippen LogP contribution in [0.5, 0.6) is 0 Å². The van der Waals surface area contributed by atoms with Crippen LogP contribution in [0.1, 0.15) is 12.0 Å². The highest BCUT2D eigenvalue weighted by molar-refractivity contribution is 5.38. The summed E-state index contributed by atoms with van der Waals surface area (Å²) in [6.45, 7) is 0.718. The molecule has 2 heterocycles. The van der Waals surface area contributed by atoms with Gasteiger partial charge >= 0.3 is 0 Å². The minimum atomic E-state index is 0.718. The lowest BCUT2D eigenvalue weighted by atomic mass is 10.1. The molecule has 0 aliphatic rings. The molecule has 0 atom stereocenters. The third-order valence-electron chi connectivity index (χ3n) is 1.93. The molecule has 0 aliphatic carbocycles. The lowest BCUT2D eigenvalue weighted by molar-refractivity contribution is 0.812. The normalized spacial score (nSPS) is 10.8. The third kappa shape index (κ3) is 1.65. The van der Waals surface area contributed by atoms with E-state index in [1.165, 1.54) is 5.56 Å². The molecule has 5 heteroatoms. The Labute approximate surface area is 75.5 Å². The van der Waals surface area contributed by atoms with Gasteiger partial charge in [0.2, 0.25) is 0 Å². The van der Waals surface area contributed by atoms with Gasteiger partial charge in [0.1, 0.15) is 0 Å². The van der Waals surface area contributed by atoms with Crippen LogP contribution < -0.4 is 5.73 Å². The fourth-order valence-electron chi connectivity index (χ4n) is 1.24. The van der Waals surface area contributed by atoms with Crippen molar-refractivity contribution in [3.63, 3.8) is 0 Å². The van der Waals surface area contributed by atoms with Crippen LogP contribution >= 0.6 is 0 Å². The van der Waals surface area contributed by atoms with E-state index in [2.05, 4.69) is 15.5 Å². The maximum atomic E-state index is 5.42. The van der Waals surface area contributed by atoms with Crippen molar-refractivity contribution in [2.75, 3.05) is 6.54 Å². The summed E-state index contributed by atoms with van der Waals surface area (Å²) < 4.78 is 1.64. The number of rotatable bonds is 3. The van der Waals surface area contributed by atoms with E-state index in [9.17, 15) is 0 Å². The molecule has 0 saturated carbocycles. The van der Waals surface area contributed by atoms with Gasteiger partial charge in [0.15, 0.2) is 5.65 Å². The van der Waals surface area contributed by atoms with Crippen molar-refractivity contribution >= 4 is 5.65 Å². The fraction of sp³-hybridized carbons (Fsp3) is 0.375.